The van der Waals surface area contributed by atoms with E-state index in [1.165, 1.54) is 32.2 Å². The van der Waals surface area contributed by atoms with Gasteiger partial charge in [-0.2, -0.15) is 0 Å². The summed E-state index contributed by atoms with van der Waals surface area (Å²) in [4.78, 5) is 1.47. The summed E-state index contributed by atoms with van der Waals surface area (Å²) in [5.41, 5.74) is 1.42. The molecule has 1 saturated carbocycles. The average molecular weight is 429 g/mol. The molecule has 2 aromatic rings. The molecule has 1 heterocycles. The summed E-state index contributed by atoms with van der Waals surface area (Å²) < 4.78 is 2.43. The lowest BCUT2D eigenvalue weighted by Gasteiger charge is -2.18. The first-order valence-corrected chi connectivity index (χ1v) is 9.87. The van der Waals surface area contributed by atoms with Crippen LogP contribution in [0.5, 0.6) is 0 Å². The minimum absolute atomic E-state index is 0.648. The Morgan fingerprint density at radius 2 is 2.05 bits per heavy atom. The lowest BCUT2D eigenvalue weighted by molar-refractivity contribution is 0.471. The summed E-state index contributed by atoms with van der Waals surface area (Å²) in [6.45, 7) is 1.11. The van der Waals surface area contributed by atoms with Crippen LogP contribution in [0.3, 0.4) is 0 Å². The molecule has 3 rings (SSSR count). The summed E-state index contributed by atoms with van der Waals surface area (Å²) >= 11 is 9.10. The molecule has 1 N–H and O–H groups in total. The highest BCUT2D eigenvalue weighted by Crippen LogP contribution is 2.28. The maximum absolute atomic E-state index is 3.70. The molecule has 1 nitrogen and oxygen atoms in total. The maximum Gasteiger partial charge on any atom is 0.0314 e. The van der Waals surface area contributed by atoms with E-state index in [2.05, 4.69) is 72.9 Å². The molecule has 4 heteroatoms. The predicted molar refractivity (Wildman–Crippen MR) is 98.1 cm³/mol. The number of hydrogen-bond acceptors (Lipinski definition) is 2. The Hall–Kier alpha value is -0.160. The molecular formula is C17H19Br2NS. The molecule has 21 heavy (non-hydrogen) atoms. The van der Waals surface area contributed by atoms with Crippen LogP contribution in [0.2, 0.25) is 0 Å². The van der Waals surface area contributed by atoms with Gasteiger partial charge >= 0.3 is 0 Å². The Morgan fingerprint density at radius 1 is 1.19 bits per heavy atom. The molecule has 1 aliphatic carbocycles. The van der Waals surface area contributed by atoms with Gasteiger partial charge in [0.25, 0.3) is 0 Å². The van der Waals surface area contributed by atoms with E-state index in [0.29, 0.717) is 5.92 Å². The first kappa shape index (κ1) is 15.7. The van der Waals surface area contributed by atoms with E-state index in [4.69, 9.17) is 0 Å². The number of halogens is 2. The van der Waals surface area contributed by atoms with Gasteiger partial charge in [0.15, 0.2) is 0 Å². The third-order valence-electron chi connectivity index (χ3n) is 3.85. The van der Waals surface area contributed by atoms with Gasteiger partial charge in [0.05, 0.1) is 0 Å². The summed E-state index contributed by atoms with van der Waals surface area (Å²) in [5, 5.41) is 5.87. The standard InChI is InChI=1S/C17H19Br2NS/c18-14-3-1-2-12(9-14)8-13(11-20-15-4-5-15)10-17-16(19)6-7-21-17/h1-3,6-7,9,13,15,20H,4-5,8,10-11H2. The summed E-state index contributed by atoms with van der Waals surface area (Å²) in [6, 6.07) is 11.6. The first-order chi connectivity index (χ1) is 10.2. The number of hydrogen-bond donors (Lipinski definition) is 1. The zero-order valence-corrected chi connectivity index (χ0v) is 15.8. The molecule has 0 aliphatic heterocycles. The van der Waals surface area contributed by atoms with Crippen LogP contribution in [0.1, 0.15) is 23.3 Å². The zero-order valence-electron chi connectivity index (χ0n) is 11.8. The Kier molecular flexibility index (Phi) is 5.54. The Labute approximate surface area is 147 Å². The Balaban J connectivity index is 1.67. The predicted octanol–water partition coefficient (Wildman–Crippen LogP) is 5.43. The van der Waals surface area contributed by atoms with Crippen molar-refractivity contribution < 1.29 is 0 Å². The summed E-state index contributed by atoms with van der Waals surface area (Å²) in [6.07, 6.45) is 4.98. The van der Waals surface area contributed by atoms with Crippen molar-refractivity contribution in [1.82, 2.24) is 5.32 Å². The second kappa shape index (κ2) is 7.40. The summed E-state index contributed by atoms with van der Waals surface area (Å²) in [5.74, 6) is 0.648. The van der Waals surface area contributed by atoms with Gasteiger partial charge in [0.1, 0.15) is 0 Å². The van der Waals surface area contributed by atoms with E-state index in [9.17, 15) is 0 Å². The summed E-state index contributed by atoms with van der Waals surface area (Å²) in [7, 11) is 0. The fourth-order valence-electron chi connectivity index (χ4n) is 2.57. The maximum atomic E-state index is 3.70. The molecule has 1 aromatic heterocycles. The number of thiophene rings is 1. The second-order valence-electron chi connectivity index (χ2n) is 5.78. The first-order valence-electron chi connectivity index (χ1n) is 7.40. The zero-order chi connectivity index (χ0) is 14.7. The van der Waals surface area contributed by atoms with Gasteiger partial charge in [-0.1, -0.05) is 28.1 Å². The van der Waals surface area contributed by atoms with Gasteiger partial charge in [-0.3, -0.25) is 0 Å². The molecule has 0 amide bonds. The van der Waals surface area contributed by atoms with Crippen LogP contribution in [0, 0.1) is 5.92 Å². The van der Waals surface area contributed by atoms with Crippen LogP contribution >= 0.6 is 43.2 Å². The van der Waals surface area contributed by atoms with Crippen molar-refractivity contribution in [3.63, 3.8) is 0 Å². The minimum atomic E-state index is 0.648. The topological polar surface area (TPSA) is 12.0 Å². The molecule has 112 valence electrons. The highest BCUT2D eigenvalue weighted by atomic mass is 79.9. The molecule has 1 aromatic carbocycles. The van der Waals surface area contributed by atoms with Crippen molar-refractivity contribution in [3.8, 4) is 0 Å². The Morgan fingerprint density at radius 3 is 2.71 bits per heavy atom. The SMILES string of the molecule is Brc1cccc(CC(CNC2CC2)Cc2sccc2Br)c1. The molecule has 0 radical (unpaired) electrons. The largest absolute Gasteiger partial charge is 0.314 e. The minimum Gasteiger partial charge on any atom is -0.314 e. The van der Waals surface area contributed by atoms with Crippen molar-refractivity contribution in [1.29, 1.82) is 0 Å². The van der Waals surface area contributed by atoms with Gasteiger partial charge in [-0.15, -0.1) is 11.3 Å². The van der Waals surface area contributed by atoms with Crippen LogP contribution in [-0.2, 0) is 12.8 Å². The molecule has 1 unspecified atom stereocenters. The average Bonchev–Trinajstić information content (AvgIpc) is 3.20. The van der Waals surface area contributed by atoms with Crippen molar-refractivity contribution in [2.24, 2.45) is 5.92 Å². The van der Waals surface area contributed by atoms with E-state index in [1.807, 2.05) is 11.3 Å². The van der Waals surface area contributed by atoms with Crippen molar-refractivity contribution in [2.75, 3.05) is 6.54 Å². The van der Waals surface area contributed by atoms with E-state index in [1.54, 1.807) is 0 Å². The fourth-order valence-corrected chi connectivity index (χ4v) is 4.64. The lowest BCUT2D eigenvalue weighted by Crippen LogP contribution is -2.27. The van der Waals surface area contributed by atoms with Crippen LogP contribution in [0.25, 0.3) is 0 Å². The molecule has 0 saturated heterocycles. The van der Waals surface area contributed by atoms with Crippen molar-refractivity contribution >= 4 is 43.2 Å². The van der Waals surface area contributed by atoms with Gasteiger partial charge in [-0.05, 0) is 83.2 Å². The lowest BCUT2D eigenvalue weighted by atomic mass is 9.95. The molecule has 1 aliphatic rings. The number of benzene rings is 1. The molecular weight excluding hydrogens is 410 g/mol. The number of nitrogens with one attached hydrogen (secondary N) is 1. The molecule has 0 spiro atoms. The van der Waals surface area contributed by atoms with Crippen LogP contribution in [0.15, 0.2) is 44.7 Å². The molecule has 0 bridgehead atoms. The van der Waals surface area contributed by atoms with Crippen molar-refractivity contribution in [2.45, 2.75) is 31.7 Å². The van der Waals surface area contributed by atoms with Gasteiger partial charge < -0.3 is 5.32 Å². The second-order valence-corrected chi connectivity index (χ2v) is 8.55. The molecule has 1 atom stereocenters. The van der Waals surface area contributed by atoms with E-state index in [0.717, 1.165) is 25.4 Å². The third-order valence-corrected chi connectivity index (χ3v) is 6.29. The monoisotopic (exact) mass is 427 g/mol. The van der Waals surface area contributed by atoms with Gasteiger partial charge in [0.2, 0.25) is 0 Å². The van der Waals surface area contributed by atoms with E-state index >= 15 is 0 Å². The van der Waals surface area contributed by atoms with Crippen molar-refractivity contribution in [3.05, 3.63) is 55.1 Å². The van der Waals surface area contributed by atoms with Gasteiger partial charge in [0, 0.05) is 19.9 Å². The highest BCUT2D eigenvalue weighted by Gasteiger charge is 2.22. The fraction of sp³-hybridized carbons (Fsp3) is 0.412. The third kappa shape index (κ3) is 4.92. The molecule has 1 fully saturated rings. The van der Waals surface area contributed by atoms with E-state index < -0.39 is 0 Å². The smallest absolute Gasteiger partial charge is 0.0314 e. The normalized spacial score (nSPS) is 16.1. The van der Waals surface area contributed by atoms with E-state index in [-0.39, 0.29) is 0 Å². The Bertz CT molecular complexity index is 592. The quantitative estimate of drug-likeness (QED) is 0.620. The van der Waals surface area contributed by atoms with Gasteiger partial charge in [-0.25, -0.2) is 0 Å². The number of rotatable bonds is 7. The van der Waals surface area contributed by atoms with Crippen LogP contribution in [-0.4, -0.2) is 12.6 Å². The van der Waals surface area contributed by atoms with Crippen LogP contribution < -0.4 is 5.32 Å². The van der Waals surface area contributed by atoms with Crippen LogP contribution in [0.4, 0.5) is 0 Å². The highest BCUT2D eigenvalue weighted by molar-refractivity contribution is 9.10.